The molecule has 1 unspecified atom stereocenters. The smallest absolute Gasteiger partial charge is 0.257 e. The van der Waals surface area contributed by atoms with Crippen LogP contribution in [0.2, 0.25) is 0 Å². The second kappa shape index (κ2) is 6.05. The van der Waals surface area contributed by atoms with E-state index in [2.05, 4.69) is 15.4 Å². The molecule has 6 heteroatoms. The normalized spacial score (nSPS) is 16.1. The highest BCUT2D eigenvalue weighted by atomic mass is 16.5. The first kappa shape index (κ1) is 15.4. The monoisotopic (exact) mass is 334 g/mol. The Morgan fingerprint density at radius 2 is 2.00 bits per heavy atom. The molecular weight excluding hydrogens is 316 g/mol. The van der Waals surface area contributed by atoms with Gasteiger partial charge in [0.05, 0.1) is 11.3 Å². The summed E-state index contributed by atoms with van der Waals surface area (Å²) in [5, 5.41) is 7.12. The number of fused-ring (bicyclic) bond motifs is 1. The van der Waals surface area contributed by atoms with E-state index in [1.807, 2.05) is 62.8 Å². The van der Waals surface area contributed by atoms with Crippen LogP contribution in [0.3, 0.4) is 0 Å². The number of hydrogen-bond acceptors (Lipinski definition) is 4. The number of carbonyl (C=O) groups excluding carboxylic acids is 1. The number of aryl methyl sites for hydroxylation is 1. The second-order valence-corrected chi connectivity index (χ2v) is 6.17. The third kappa shape index (κ3) is 3.10. The zero-order valence-electron chi connectivity index (χ0n) is 14.1. The van der Waals surface area contributed by atoms with E-state index in [4.69, 9.17) is 4.74 Å². The minimum absolute atomic E-state index is 0.0979. The van der Waals surface area contributed by atoms with Crippen molar-refractivity contribution in [3.63, 3.8) is 0 Å². The lowest BCUT2D eigenvalue weighted by atomic mass is 10.0. The fourth-order valence-corrected chi connectivity index (χ4v) is 2.92. The molecule has 1 atom stereocenters. The van der Waals surface area contributed by atoms with Crippen LogP contribution in [0.25, 0.3) is 11.4 Å². The maximum Gasteiger partial charge on any atom is 0.257 e. The molecule has 1 N–H and O–H groups in total. The maximum absolute atomic E-state index is 12.1. The number of aromatic nitrogens is 3. The summed E-state index contributed by atoms with van der Waals surface area (Å²) in [4.78, 5) is 16.6. The van der Waals surface area contributed by atoms with Crippen LogP contribution in [-0.2, 0) is 13.5 Å². The number of nitrogens with zero attached hydrogens (tertiary/aromatic N) is 3. The predicted octanol–water partition coefficient (Wildman–Crippen LogP) is 2.54. The van der Waals surface area contributed by atoms with Crippen molar-refractivity contribution in [2.75, 3.05) is 0 Å². The zero-order chi connectivity index (χ0) is 17.4. The van der Waals surface area contributed by atoms with Crippen LogP contribution in [0.5, 0.6) is 5.75 Å². The van der Waals surface area contributed by atoms with Crippen molar-refractivity contribution in [3.8, 4) is 17.1 Å². The van der Waals surface area contributed by atoms with Crippen LogP contribution in [0.1, 0.15) is 28.4 Å². The number of benzene rings is 1. The van der Waals surface area contributed by atoms with Gasteiger partial charge in [-0.25, -0.2) is 0 Å². The van der Waals surface area contributed by atoms with Crippen molar-refractivity contribution in [2.24, 2.45) is 7.05 Å². The molecular formula is C19H18N4O2. The molecule has 0 bridgehead atoms. The average Bonchev–Trinajstić information content (AvgIpc) is 3.02. The van der Waals surface area contributed by atoms with Crippen LogP contribution in [-0.4, -0.2) is 26.9 Å². The summed E-state index contributed by atoms with van der Waals surface area (Å²) in [5.41, 5.74) is 4.39. The molecule has 0 spiro atoms. The van der Waals surface area contributed by atoms with E-state index in [-0.39, 0.29) is 12.1 Å². The first-order valence-corrected chi connectivity index (χ1v) is 8.14. The van der Waals surface area contributed by atoms with Crippen LogP contribution >= 0.6 is 0 Å². The van der Waals surface area contributed by atoms with Gasteiger partial charge in [0.25, 0.3) is 5.91 Å². The zero-order valence-corrected chi connectivity index (χ0v) is 14.1. The average molecular weight is 334 g/mol. The third-order valence-corrected chi connectivity index (χ3v) is 4.14. The van der Waals surface area contributed by atoms with Gasteiger partial charge in [0.15, 0.2) is 6.23 Å². The van der Waals surface area contributed by atoms with Crippen LogP contribution in [0.15, 0.2) is 48.8 Å². The molecule has 1 aromatic carbocycles. The van der Waals surface area contributed by atoms with E-state index < -0.39 is 0 Å². The van der Waals surface area contributed by atoms with Gasteiger partial charge in [-0.15, -0.1) is 0 Å². The van der Waals surface area contributed by atoms with Crippen LogP contribution < -0.4 is 10.1 Å². The van der Waals surface area contributed by atoms with Gasteiger partial charge in [-0.3, -0.25) is 14.5 Å². The van der Waals surface area contributed by atoms with E-state index in [0.717, 1.165) is 22.5 Å². The molecule has 1 aliphatic heterocycles. The van der Waals surface area contributed by atoms with Crippen molar-refractivity contribution >= 4 is 5.91 Å². The number of carbonyl (C=O) groups is 1. The number of amides is 1. The molecule has 3 aromatic rings. The van der Waals surface area contributed by atoms with E-state index in [0.29, 0.717) is 17.7 Å². The highest BCUT2D eigenvalue weighted by Crippen LogP contribution is 2.25. The SMILES string of the molecule is CC1NC(=O)c2cc(Cc3ccc(-c4ccn(C)n4)nc3)ccc2O1. The summed E-state index contributed by atoms with van der Waals surface area (Å²) >= 11 is 0. The molecule has 3 heterocycles. The molecule has 6 nitrogen and oxygen atoms in total. The predicted molar refractivity (Wildman–Crippen MR) is 93.2 cm³/mol. The van der Waals surface area contributed by atoms with Gasteiger partial charge < -0.3 is 10.1 Å². The van der Waals surface area contributed by atoms with Crippen molar-refractivity contribution in [3.05, 3.63) is 65.5 Å². The van der Waals surface area contributed by atoms with Gasteiger partial charge in [-0.05, 0) is 48.7 Å². The molecule has 25 heavy (non-hydrogen) atoms. The van der Waals surface area contributed by atoms with E-state index >= 15 is 0 Å². The first-order chi connectivity index (χ1) is 12.1. The van der Waals surface area contributed by atoms with E-state index in [9.17, 15) is 4.79 Å². The number of ether oxygens (including phenoxy) is 1. The topological polar surface area (TPSA) is 69.0 Å². The number of rotatable bonds is 3. The summed E-state index contributed by atoms with van der Waals surface area (Å²) in [6.07, 6.45) is 4.15. The Bertz CT molecular complexity index is 931. The lowest BCUT2D eigenvalue weighted by Gasteiger charge is -2.24. The Labute approximate surface area is 145 Å². The van der Waals surface area contributed by atoms with Crippen LogP contribution in [0, 0.1) is 0 Å². The lowest BCUT2D eigenvalue weighted by molar-refractivity contribution is 0.0788. The molecule has 1 amide bonds. The molecule has 2 aromatic heterocycles. The largest absolute Gasteiger partial charge is 0.470 e. The molecule has 4 rings (SSSR count). The highest BCUT2D eigenvalue weighted by molar-refractivity contribution is 5.98. The molecule has 0 aliphatic carbocycles. The fourth-order valence-electron chi connectivity index (χ4n) is 2.92. The van der Waals surface area contributed by atoms with Gasteiger partial charge in [-0.1, -0.05) is 12.1 Å². The minimum Gasteiger partial charge on any atom is -0.470 e. The Balaban J connectivity index is 1.54. The van der Waals surface area contributed by atoms with E-state index in [1.165, 1.54) is 0 Å². The summed E-state index contributed by atoms with van der Waals surface area (Å²) in [6, 6.07) is 11.7. The summed E-state index contributed by atoms with van der Waals surface area (Å²) in [7, 11) is 1.88. The van der Waals surface area contributed by atoms with Crippen molar-refractivity contribution < 1.29 is 9.53 Å². The summed E-state index contributed by atoms with van der Waals surface area (Å²) in [5.74, 6) is 0.530. The van der Waals surface area contributed by atoms with Crippen molar-refractivity contribution in [2.45, 2.75) is 19.6 Å². The number of pyridine rings is 1. The van der Waals surface area contributed by atoms with E-state index in [1.54, 1.807) is 4.68 Å². The summed E-state index contributed by atoms with van der Waals surface area (Å²) in [6.45, 7) is 1.81. The Kier molecular flexibility index (Phi) is 3.72. The molecule has 0 fully saturated rings. The molecule has 126 valence electrons. The summed E-state index contributed by atoms with van der Waals surface area (Å²) < 4.78 is 7.38. The second-order valence-electron chi connectivity index (χ2n) is 6.17. The number of hydrogen-bond donors (Lipinski definition) is 1. The minimum atomic E-state index is -0.297. The van der Waals surface area contributed by atoms with Crippen LogP contribution in [0.4, 0.5) is 0 Å². The van der Waals surface area contributed by atoms with Gasteiger partial charge >= 0.3 is 0 Å². The van der Waals surface area contributed by atoms with Crippen molar-refractivity contribution in [1.29, 1.82) is 0 Å². The molecule has 0 radical (unpaired) electrons. The van der Waals surface area contributed by atoms with Gasteiger partial charge in [-0.2, -0.15) is 5.10 Å². The Morgan fingerprint density at radius 1 is 1.16 bits per heavy atom. The number of nitrogens with one attached hydrogen (secondary N) is 1. The third-order valence-electron chi connectivity index (χ3n) is 4.14. The fraction of sp³-hybridized carbons (Fsp3) is 0.211. The Hall–Kier alpha value is -3.15. The quantitative estimate of drug-likeness (QED) is 0.799. The molecule has 0 saturated heterocycles. The standard InChI is InChI=1S/C19H18N4O2/c1-12-21-19(24)15-10-13(4-6-18(15)25-12)9-14-3-5-16(20-11-14)17-7-8-23(2)22-17/h3-8,10-12H,9H2,1-2H3,(H,21,24). The molecule has 1 aliphatic rings. The Morgan fingerprint density at radius 3 is 2.72 bits per heavy atom. The van der Waals surface area contributed by atoms with Gasteiger partial charge in [0, 0.05) is 19.4 Å². The molecule has 0 saturated carbocycles. The lowest BCUT2D eigenvalue weighted by Crippen LogP contribution is -2.41. The highest BCUT2D eigenvalue weighted by Gasteiger charge is 2.22. The first-order valence-electron chi connectivity index (χ1n) is 8.14. The van der Waals surface area contributed by atoms with Gasteiger partial charge in [0.1, 0.15) is 11.4 Å². The van der Waals surface area contributed by atoms with Gasteiger partial charge in [0.2, 0.25) is 0 Å². The van der Waals surface area contributed by atoms with Crippen molar-refractivity contribution in [1.82, 2.24) is 20.1 Å². The maximum atomic E-state index is 12.1.